The summed E-state index contributed by atoms with van der Waals surface area (Å²) >= 11 is 0. The van der Waals surface area contributed by atoms with Crippen molar-refractivity contribution in [3.05, 3.63) is 47.7 Å². The van der Waals surface area contributed by atoms with Crippen molar-refractivity contribution in [3.63, 3.8) is 0 Å². The highest BCUT2D eigenvalue weighted by Gasteiger charge is 2.04. The number of rotatable bonds is 3. The van der Waals surface area contributed by atoms with Gasteiger partial charge in [-0.2, -0.15) is 0 Å². The number of aromatic amines is 1. The van der Waals surface area contributed by atoms with Crippen LogP contribution >= 0.6 is 0 Å². The summed E-state index contributed by atoms with van der Waals surface area (Å²) < 4.78 is 0. The van der Waals surface area contributed by atoms with Crippen LogP contribution in [0.1, 0.15) is 11.3 Å². The summed E-state index contributed by atoms with van der Waals surface area (Å²) in [6.45, 7) is 2.24. The summed E-state index contributed by atoms with van der Waals surface area (Å²) in [7, 11) is 0. The summed E-state index contributed by atoms with van der Waals surface area (Å²) in [4.78, 5) is 3.33. The van der Waals surface area contributed by atoms with E-state index in [9.17, 15) is 0 Å². The molecule has 78 valence electrons. The van der Waals surface area contributed by atoms with Gasteiger partial charge in [0.2, 0.25) is 0 Å². The molecule has 0 amide bonds. The molecule has 15 heavy (non-hydrogen) atoms. The number of hydrogen-bond acceptors (Lipinski definition) is 1. The minimum atomic E-state index is 0.201. The van der Waals surface area contributed by atoms with E-state index in [4.69, 9.17) is 5.11 Å². The van der Waals surface area contributed by atoms with E-state index in [1.807, 2.05) is 25.1 Å². The van der Waals surface area contributed by atoms with Gasteiger partial charge >= 0.3 is 0 Å². The molecule has 0 aliphatic rings. The number of nitrogens with one attached hydrogen (secondary N) is 1. The molecule has 0 atom stereocenters. The van der Waals surface area contributed by atoms with Crippen molar-refractivity contribution in [1.82, 2.24) is 4.98 Å². The van der Waals surface area contributed by atoms with E-state index in [0.29, 0.717) is 0 Å². The Labute approximate surface area is 89.6 Å². The zero-order valence-corrected chi connectivity index (χ0v) is 8.83. The van der Waals surface area contributed by atoms with Gasteiger partial charge in [0.15, 0.2) is 0 Å². The molecule has 0 saturated carbocycles. The molecular formula is C13H15NO. The van der Waals surface area contributed by atoms with E-state index in [0.717, 1.165) is 17.8 Å². The molecule has 0 saturated heterocycles. The molecule has 1 aromatic heterocycles. The van der Waals surface area contributed by atoms with Gasteiger partial charge in [0.05, 0.1) is 0 Å². The maximum absolute atomic E-state index is 8.91. The van der Waals surface area contributed by atoms with Crippen LogP contribution < -0.4 is 0 Å². The van der Waals surface area contributed by atoms with Gasteiger partial charge in [0, 0.05) is 18.0 Å². The number of aromatic nitrogens is 1. The zero-order valence-electron chi connectivity index (χ0n) is 8.83. The molecule has 0 radical (unpaired) electrons. The van der Waals surface area contributed by atoms with Gasteiger partial charge in [0.1, 0.15) is 0 Å². The Hall–Kier alpha value is -1.54. The Morgan fingerprint density at radius 3 is 2.60 bits per heavy atom. The van der Waals surface area contributed by atoms with E-state index in [-0.39, 0.29) is 6.61 Å². The van der Waals surface area contributed by atoms with Crippen LogP contribution in [0.2, 0.25) is 0 Å². The molecule has 0 aliphatic heterocycles. The summed E-state index contributed by atoms with van der Waals surface area (Å²) in [5, 5.41) is 8.91. The number of benzene rings is 1. The van der Waals surface area contributed by atoms with Gasteiger partial charge in [0.25, 0.3) is 0 Å². The Bertz CT molecular complexity index is 431. The van der Waals surface area contributed by atoms with Crippen molar-refractivity contribution in [2.75, 3.05) is 6.61 Å². The number of hydrogen-bond donors (Lipinski definition) is 2. The predicted octanol–water partition coefficient (Wildman–Crippen LogP) is 2.52. The first-order valence-electron chi connectivity index (χ1n) is 5.16. The average molecular weight is 201 g/mol. The van der Waals surface area contributed by atoms with E-state index in [1.165, 1.54) is 11.1 Å². The SMILES string of the molecule is Cc1[nH]c(-c2ccccc2)cc1CCO. The number of aliphatic hydroxyl groups is 1. The first-order chi connectivity index (χ1) is 7.31. The molecule has 0 bridgehead atoms. The Balaban J connectivity index is 2.34. The number of H-pyrrole nitrogens is 1. The molecule has 2 nitrogen and oxygen atoms in total. The van der Waals surface area contributed by atoms with Gasteiger partial charge in [-0.25, -0.2) is 0 Å². The van der Waals surface area contributed by atoms with Crippen molar-refractivity contribution >= 4 is 0 Å². The Morgan fingerprint density at radius 2 is 1.93 bits per heavy atom. The van der Waals surface area contributed by atoms with Crippen LogP contribution in [0.15, 0.2) is 36.4 Å². The van der Waals surface area contributed by atoms with Crippen LogP contribution in [0.3, 0.4) is 0 Å². The van der Waals surface area contributed by atoms with E-state index < -0.39 is 0 Å². The topological polar surface area (TPSA) is 36.0 Å². The molecule has 0 spiro atoms. The second-order valence-corrected chi connectivity index (χ2v) is 3.67. The van der Waals surface area contributed by atoms with Gasteiger partial charge in [-0.1, -0.05) is 30.3 Å². The third-order valence-corrected chi connectivity index (χ3v) is 2.59. The molecule has 2 aromatic rings. The minimum Gasteiger partial charge on any atom is -0.396 e. The predicted molar refractivity (Wildman–Crippen MR) is 61.8 cm³/mol. The summed E-state index contributed by atoms with van der Waals surface area (Å²) in [5.74, 6) is 0. The van der Waals surface area contributed by atoms with Crippen LogP contribution in [-0.4, -0.2) is 16.7 Å². The fourth-order valence-corrected chi connectivity index (χ4v) is 1.75. The molecule has 2 rings (SSSR count). The fourth-order valence-electron chi connectivity index (χ4n) is 1.75. The Morgan fingerprint density at radius 1 is 1.20 bits per heavy atom. The van der Waals surface area contributed by atoms with Gasteiger partial charge in [-0.05, 0) is 30.5 Å². The third-order valence-electron chi connectivity index (χ3n) is 2.59. The second-order valence-electron chi connectivity index (χ2n) is 3.67. The smallest absolute Gasteiger partial charge is 0.0472 e. The lowest BCUT2D eigenvalue weighted by molar-refractivity contribution is 0.299. The van der Waals surface area contributed by atoms with Crippen LogP contribution in [0, 0.1) is 6.92 Å². The van der Waals surface area contributed by atoms with E-state index >= 15 is 0 Å². The van der Waals surface area contributed by atoms with Crippen molar-refractivity contribution < 1.29 is 5.11 Å². The monoisotopic (exact) mass is 201 g/mol. The maximum atomic E-state index is 8.91. The van der Waals surface area contributed by atoms with E-state index in [2.05, 4.69) is 23.2 Å². The highest BCUT2D eigenvalue weighted by atomic mass is 16.2. The van der Waals surface area contributed by atoms with Gasteiger partial charge in [-0.15, -0.1) is 0 Å². The average Bonchev–Trinajstić information content (AvgIpc) is 2.63. The van der Waals surface area contributed by atoms with Crippen LogP contribution in [0.25, 0.3) is 11.3 Å². The fraction of sp³-hybridized carbons (Fsp3) is 0.231. The van der Waals surface area contributed by atoms with Gasteiger partial charge < -0.3 is 10.1 Å². The van der Waals surface area contributed by atoms with Crippen LogP contribution in [-0.2, 0) is 6.42 Å². The highest BCUT2D eigenvalue weighted by molar-refractivity contribution is 5.61. The van der Waals surface area contributed by atoms with Crippen molar-refractivity contribution in [3.8, 4) is 11.3 Å². The number of aliphatic hydroxyl groups excluding tert-OH is 1. The summed E-state index contributed by atoms with van der Waals surface area (Å²) in [6, 6.07) is 12.3. The second kappa shape index (κ2) is 4.32. The summed E-state index contributed by atoms with van der Waals surface area (Å²) in [5.41, 5.74) is 4.64. The Kier molecular flexibility index (Phi) is 2.88. The van der Waals surface area contributed by atoms with Crippen molar-refractivity contribution in [2.24, 2.45) is 0 Å². The maximum Gasteiger partial charge on any atom is 0.0472 e. The molecule has 0 unspecified atom stereocenters. The standard InChI is InChI=1S/C13H15NO/c1-10-12(7-8-15)9-13(14-10)11-5-3-2-4-6-11/h2-6,9,14-15H,7-8H2,1H3. The lowest BCUT2D eigenvalue weighted by Gasteiger charge is -1.95. The number of aryl methyl sites for hydroxylation is 1. The quantitative estimate of drug-likeness (QED) is 0.786. The normalized spacial score (nSPS) is 10.5. The molecule has 2 heteroatoms. The third kappa shape index (κ3) is 2.10. The lowest BCUT2D eigenvalue weighted by Crippen LogP contribution is -1.89. The molecule has 1 aromatic carbocycles. The molecular weight excluding hydrogens is 186 g/mol. The highest BCUT2D eigenvalue weighted by Crippen LogP contribution is 2.21. The minimum absolute atomic E-state index is 0.201. The first-order valence-corrected chi connectivity index (χ1v) is 5.16. The molecule has 0 fully saturated rings. The molecule has 1 heterocycles. The van der Waals surface area contributed by atoms with Crippen molar-refractivity contribution in [2.45, 2.75) is 13.3 Å². The van der Waals surface area contributed by atoms with Crippen LogP contribution in [0.4, 0.5) is 0 Å². The lowest BCUT2D eigenvalue weighted by atomic mass is 10.1. The van der Waals surface area contributed by atoms with Crippen molar-refractivity contribution in [1.29, 1.82) is 0 Å². The first kappa shape index (κ1) is 9.99. The molecule has 0 aliphatic carbocycles. The largest absolute Gasteiger partial charge is 0.396 e. The molecule has 2 N–H and O–H groups in total. The zero-order chi connectivity index (χ0) is 10.7. The van der Waals surface area contributed by atoms with E-state index in [1.54, 1.807) is 0 Å². The van der Waals surface area contributed by atoms with Gasteiger partial charge in [-0.3, -0.25) is 0 Å². The summed E-state index contributed by atoms with van der Waals surface area (Å²) in [6.07, 6.45) is 0.717. The van der Waals surface area contributed by atoms with Crippen LogP contribution in [0.5, 0.6) is 0 Å².